The Hall–Kier alpha value is -2.14. The minimum Gasteiger partial charge on any atom is -0.382 e. The van der Waals surface area contributed by atoms with E-state index in [-0.39, 0.29) is 31.8 Å². The Morgan fingerprint density at radius 1 is 1.36 bits per heavy atom. The summed E-state index contributed by atoms with van der Waals surface area (Å²) in [7, 11) is -3.41. The van der Waals surface area contributed by atoms with E-state index < -0.39 is 39.4 Å². The molecule has 1 fully saturated rings. The summed E-state index contributed by atoms with van der Waals surface area (Å²) in [6, 6.07) is 5.16. The second-order valence-electron chi connectivity index (χ2n) is 7.35. The van der Waals surface area contributed by atoms with Crippen LogP contribution in [0.15, 0.2) is 23.4 Å². The van der Waals surface area contributed by atoms with Crippen molar-refractivity contribution in [3.8, 4) is 0 Å². The summed E-state index contributed by atoms with van der Waals surface area (Å²) in [5, 5.41) is 3.57. The van der Waals surface area contributed by atoms with Crippen LogP contribution in [0, 0.1) is 0 Å². The lowest BCUT2D eigenvalue weighted by Crippen LogP contribution is -2.62. The lowest BCUT2D eigenvalue weighted by molar-refractivity contribution is -0.212. The Balaban J connectivity index is 1.46. The van der Waals surface area contributed by atoms with Crippen molar-refractivity contribution in [3.63, 3.8) is 0 Å². The second kappa shape index (κ2) is 6.18. The van der Waals surface area contributed by atoms with Gasteiger partial charge >= 0.3 is 6.18 Å². The average Bonchev–Trinajstić information content (AvgIpc) is 3.16. The number of ether oxygens (including phenoxy) is 1. The molecule has 0 aliphatic carbocycles. The zero-order valence-electron chi connectivity index (χ0n) is 14.8. The molecule has 0 aromatic heterocycles. The quantitative estimate of drug-likeness (QED) is 0.740. The monoisotopic (exact) mass is 418 g/mol. The van der Waals surface area contributed by atoms with Gasteiger partial charge in [0.2, 0.25) is 12.0 Å². The molecule has 1 spiro atoms. The van der Waals surface area contributed by atoms with Crippen molar-refractivity contribution in [1.29, 1.82) is 0 Å². The maximum atomic E-state index is 12.7. The first kappa shape index (κ1) is 19.2. The minimum absolute atomic E-state index is 0.227. The third kappa shape index (κ3) is 3.37. The number of amides is 1. The predicted octanol–water partition coefficient (Wildman–Crippen LogP) is 1.35. The van der Waals surface area contributed by atoms with Crippen LogP contribution in [0.4, 0.5) is 13.2 Å². The number of carbonyl (C=O) groups is 1. The summed E-state index contributed by atoms with van der Waals surface area (Å²) >= 11 is 0. The Kier molecular flexibility index (Phi) is 4.23. The maximum absolute atomic E-state index is 12.7. The number of likely N-dealkylation sites (tertiary alicyclic amines) is 1. The van der Waals surface area contributed by atoms with Crippen LogP contribution in [0.25, 0.3) is 0 Å². The van der Waals surface area contributed by atoms with Crippen LogP contribution in [0.1, 0.15) is 23.1 Å². The zero-order valence-corrected chi connectivity index (χ0v) is 15.6. The van der Waals surface area contributed by atoms with Crippen molar-refractivity contribution >= 4 is 21.5 Å². The van der Waals surface area contributed by atoms with E-state index >= 15 is 0 Å². The van der Waals surface area contributed by atoms with Gasteiger partial charge < -0.3 is 14.5 Å². The molecular weight excluding hydrogens is 401 g/mol. The van der Waals surface area contributed by atoms with Gasteiger partial charge in [-0.05, 0) is 22.8 Å². The third-order valence-corrected chi connectivity index (χ3v) is 5.87. The molecule has 28 heavy (non-hydrogen) atoms. The van der Waals surface area contributed by atoms with Crippen molar-refractivity contribution in [2.24, 2.45) is 5.16 Å². The molecule has 1 aromatic rings. The topological polar surface area (TPSA) is 85.3 Å². The molecule has 1 unspecified atom stereocenters. The molecule has 3 aliphatic heterocycles. The summed E-state index contributed by atoms with van der Waals surface area (Å²) < 4.78 is 66.6. The smallest absolute Gasteiger partial charge is 0.382 e. The molecule has 0 N–H and O–H groups in total. The number of halogens is 3. The third-order valence-electron chi connectivity index (χ3n) is 5.10. The number of sulfone groups is 1. The van der Waals surface area contributed by atoms with Gasteiger partial charge in [-0.3, -0.25) is 4.79 Å². The Morgan fingerprint density at radius 3 is 2.68 bits per heavy atom. The van der Waals surface area contributed by atoms with Gasteiger partial charge in [0.05, 0.1) is 25.4 Å². The normalized spacial score (nSPS) is 23.2. The first-order chi connectivity index (χ1) is 13.0. The van der Waals surface area contributed by atoms with Crippen molar-refractivity contribution < 1.29 is 36.0 Å². The number of fused-ring (bicyclic) bond motifs is 2. The van der Waals surface area contributed by atoms with Gasteiger partial charge in [0.1, 0.15) is 11.4 Å². The SMILES string of the molecule is CS(=O)(=O)CC(=O)N1CC2(C1)OCc1cc(C3=NOC(C(F)(F)F)C3)ccc12. The lowest BCUT2D eigenvalue weighted by Gasteiger charge is -2.47. The number of hydrogen-bond donors (Lipinski definition) is 0. The summed E-state index contributed by atoms with van der Waals surface area (Å²) in [6.07, 6.45) is -5.74. The fourth-order valence-electron chi connectivity index (χ4n) is 3.68. The molecule has 1 aromatic carbocycles. The Bertz CT molecular complexity index is 967. The molecule has 3 heterocycles. The molecule has 0 saturated carbocycles. The van der Waals surface area contributed by atoms with Gasteiger partial charge in [-0.25, -0.2) is 8.42 Å². The highest BCUT2D eigenvalue weighted by Gasteiger charge is 2.52. The van der Waals surface area contributed by atoms with Crippen LogP contribution in [0.5, 0.6) is 0 Å². The molecule has 1 amide bonds. The molecule has 0 bridgehead atoms. The first-order valence-electron chi connectivity index (χ1n) is 8.49. The van der Waals surface area contributed by atoms with Crippen LogP contribution in [-0.2, 0) is 36.4 Å². The fourth-order valence-corrected chi connectivity index (χ4v) is 4.31. The van der Waals surface area contributed by atoms with Gasteiger partial charge in [-0.15, -0.1) is 0 Å². The van der Waals surface area contributed by atoms with Crippen LogP contribution in [0.2, 0.25) is 0 Å². The largest absolute Gasteiger partial charge is 0.428 e. The lowest BCUT2D eigenvalue weighted by atomic mass is 9.84. The van der Waals surface area contributed by atoms with Crippen LogP contribution < -0.4 is 0 Å². The Labute approximate surface area is 159 Å². The summed E-state index contributed by atoms with van der Waals surface area (Å²) in [6.45, 7) is 0.746. The Morgan fingerprint density at radius 2 is 2.07 bits per heavy atom. The van der Waals surface area contributed by atoms with Crippen LogP contribution in [-0.4, -0.2) is 62.3 Å². The van der Waals surface area contributed by atoms with E-state index in [2.05, 4.69) is 9.99 Å². The number of hydrogen-bond acceptors (Lipinski definition) is 6. The van der Waals surface area contributed by atoms with Gasteiger partial charge in [-0.1, -0.05) is 17.3 Å². The van der Waals surface area contributed by atoms with Crippen LogP contribution >= 0.6 is 0 Å². The molecule has 4 rings (SSSR count). The summed E-state index contributed by atoms with van der Waals surface area (Å²) in [5.74, 6) is -1.02. The van der Waals surface area contributed by atoms with E-state index in [0.29, 0.717) is 5.56 Å². The van der Waals surface area contributed by atoms with E-state index in [0.717, 1.165) is 17.4 Å². The van der Waals surface area contributed by atoms with E-state index in [4.69, 9.17) is 4.74 Å². The molecule has 0 radical (unpaired) electrons. The standard InChI is InChI=1S/C17H17F3N2O5S/c1-28(24,25)7-15(23)22-8-16(9-22)12-3-2-10(4-11(12)6-26-16)13-5-14(27-21-13)17(18,19)20/h2-4,14H,5-9H2,1H3. The second-order valence-corrected chi connectivity index (χ2v) is 9.49. The number of nitrogens with zero attached hydrogens (tertiary/aromatic N) is 2. The van der Waals surface area contributed by atoms with E-state index in [1.807, 2.05) is 0 Å². The highest BCUT2D eigenvalue weighted by atomic mass is 32.2. The molecule has 1 saturated heterocycles. The highest BCUT2D eigenvalue weighted by molar-refractivity contribution is 7.91. The molecule has 152 valence electrons. The molecular formula is C17H17F3N2O5S. The van der Waals surface area contributed by atoms with E-state index in [9.17, 15) is 26.4 Å². The van der Waals surface area contributed by atoms with Gasteiger partial charge in [0.25, 0.3) is 0 Å². The van der Waals surface area contributed by atoms with Crippen molar-refractivity contribution in [3.05, 3.63) is 34.9 Å². The summed E-state index contributed by atoms with van der Waals surface area (Å²) in [5.41, 5.74) is 1.74. The number of alkyl halides is 3. The average molecular weight is 418 g/mol. The summed E-state index contributed by atoms with van der Waals surface area (Å²) in [4.78, 5) is 17.9. The maximum Gasteiger partial charge on any atom is 0.428 e. The molecule has 1 atom stereocenters. The first-order valence-corrected chi connectivity index (χ1v) is 10.6. The molecule has 3 aliphatic rings. The van der Waals surface area contributed by atoms with Crippen LogP contribution in [0.3, 0.4) is 0 Å². The number of rotatable bonds is 3. The highest BCUT2D eigenvalue weighted by Crippen LogP contribution is 2.44. The minimum atomic E-state index is -4.47. The molecule has 7 nitrogen and oxygen atoms in total. The van der Waals surface area contributed by atoms with Gasteiger partial charge in [0.15, 0.2) is 9.84 Å². The van der Waals surface area contributed by atoms with Crippen molar-refractivity contribution in [2.75, 3.05) is 25.1 Å². The van der Waals surface area contributed by atoms with Crippen molar-refractivity contribution in [1.82, 2.24) is 4.90 Å². The number of carbonyl (C=O) groups excluding carboxylic acids is 1. The van der Waals surface area contributed by atoms with E-state index in [1.165, 1.54) is 4.90 Å². The molecule has 11 heteroatoms. The fraction of sp³-hybridized carbons (Fsp3) is 0.529. The predicted molar refractivity (Wildman–Crippen MR) is 91.3 cm³/mol. The van der Waals surface area contributed by atoms with E-state index in [1.54, 1.807) is 18.2 Å². The number of oxime groups is 1. The van der Waals surface area contributed by atoms with Gasteiger partial charge in [-0.2, -0.15) is 13.2 Å². The van der Waals surface area contributed by atoms with Crippen molar-refractivity contribution in [2.45, 2.75) is 30.9 Å². The number of benzene rings is 1. The van der Waals surface area contributed by atoms with Gasteiger partial charge in [0, 0.05) is 12.7 Å². The zero-order chi connectivity index (χ0) is 20.3.